The average Bonchev–Trinajstić information content (AvgIpc) is 2.32. The van der Waals surface area contributed by atoms with Crippen molar-refractivity contribution in [1.82, 2.24) is 5.32 Å². The third-order valence-electron chi connectivity index (χ3n) is 2.46. The Morgan fingerprint density at radius 1 is 0.765 bits per heavy atom. The van der Waals surface area contributed by atoms with Gasteiger partial charge in [0, 0.05) is 13.1 Å². The molecule has 0 aromatic heterocycles. The SMILES string of the molecule is Fc1ccc(CNCc2cccc(F)c2)cc1. The van der Waals surface area contributed by atoms with E-state index in [1.807, 2.05) is 6.07 Å². The monoisotopic (exact) mass is 233 g/mol. The minimum Gasteiger partial charge on any atom is -0.309 e. The van der Waals surface area contributed by atoms with Gasteiger partial charge >= 0.3 is 0 Å². The highest BCUT2D eigenvalue weighted by atomic mass is 19.1. The fraction of sp³-hybridized carbons (Fsp3) is 0.143. The highest BCUT2D eigenvalue weighted by Gasteiger charge is 1.96. The van der Waals surface area contributed by atoms with Gasteiger partial charge in [-0.05, 0) is 35.4 Å². The van der Waals surface area contributed by atoms with Crippen molar-refractivity contribution in [2.24, 2.45) is 0 Å². The van der Waals surface area contributed by atoms with Crippen molar-refractivity contribution in [3.05, 3.63) is 71.3 Å². The van der Waals surface area contributed by atoms with Gasteiger partial charge in [-0.25, -0.2) is 8.78 Å². The number of nitrogens with one attached hydrogen (secondary N) is 1. The molecule has 2 aromatic carbocycles. The summed E-state index contributed by atoms with van der Waals surface area (Å²) in [5.74, 6) is -0.468. The fourth-order valence-electron chi connectivity index (χ4n) is 1.60. The van der Waals surface area contributed by atoms with Crippen molar-refractivity contribution < 1.29 is 8.78 Å². The molecule has 1 N–H and O–H groups in total. The number of hydrogen-bond acceptors (Lipinski definition) is 1. The Morgan fingerprint density at radius 3 is 2.18 bits per heavy atom. The van der Waals surface area contributed by atoms with Crippen LogP contribution >= 0.6 is 0 Å². The van der Waals surface area contributed by atoms with Gasteiger partial charge in [-0.15, -0.1) is 0 Å². The number of hydrogen-bond donors (Lipinski definition) is 1. The second-order valence-corrected chi connectivity index (χ2v) is 3.86. The Morgan fingerprint density at radius 2 is 1.47 bits per heavy atom. The van der Waals surface area contributed by atoms with E-state index in [0.717, 1.165) is 11.1 Å². The van der Waals surface area contributed by atoms with Crippen LogP contribution in [0.15, 0.2) is 48.5 Å². The van der Waals surface area contributed by atoms with Crippen molar-refractivity contribution in [3.63, 3.8) is 0 Å². The van der Waals surface area contributed by atoms with Crippen LogP contribution in [0, 0.1) is 11.6 Å². The van der Waals surface area contributed by atoms with Crippen LogP contribution in [0.5, 0.6) is 0 Å². The van der Waals surface area contributed by atoms with Crippen molar-refractivity contribution in [2.75, 3.05) is 0 Å². The lowest BCUT2D eigenvalue weighted by atomic mass is 10.2. The largest absolute Gasteiger partial charge is 0.309 e. The van der Waals surface area contributed by atoms with Gasteiger partial charge in [-0.3, -0.25) is 0 Å². The molecule has 2 rings (SSSR count). The summed E-state index contributed by atoms with van der Waals surface area (Å²) in [5, 5.41) is 3.18. The zero-order chi connectivity index (χ0) is 12.1. The van der Waals surface area contributed by atoms with Crippen LogP contribution < -0.4 is 5.32 Å². The summed E-state index contributed by atoms with van der Waals surface area (Å²) >= 11 is 0. The van der Waals surface area contributed by atoms with Crippen LogP contribution in [0.1, 0.15) is 11.1 Å². The van der Waals surface area contributed by atoms with Crippen LogP contribution in [0.25, 0.3) is 0 Å². The van der Waals surface area contributed by atoms with Gasteiger partial charge in [0.15, 0.2) is 0 Å². The maximum absolute atomic E-state index is 12.9. The molecule has 0 saturated heterocycles. The van der Waals surface area contributed by atoms with Gasteiger partial charge in [0.2, 0.25) is 0 Å². The molecular formula is C14H13F2N. The van der Waals surface area contributed by atoms with E-state index in [9.17, 15) is 8.78 Å². The van der Waals surface area contributed by atoms with Crippen LogP contribution in [-0.4, -0.2) is 0 Å². The molecule has 2 aromatic rings. The molecule has 0 aliphatic heterocycles. The standard InChI is InChI=1S/C14H13F2N/c15-13-6-4-11(5-7-13)9-17-10-12-2-1-3-14(16)8-12/h1-8,17H,9-10H2. The van der Waals surface area contributed by atoms with E-state index in [-0.39, 0.29) is 11.6 Å². The maximum atomic E-state index is 12.9. The second kappa shape index (κ2) is 5.55. The number of benzene rings is 2. The Hall–Kier alpha value is -1.74. The van der Waals surface area contributed by atoms with Crippen molar-refractivity contribution in [1.29, 1.82) is 0 Å². The summed E-state index contributed by atoms with van der Waals surface area (Å²) in [4.78, 5) is 0. The lowest BCUT2D eigenvalue weighted by Crippen LogP contribution is -2.12. The lowest BCUT2D eigenvalue weighted by molar-refractivity contribution is 0.618. The van der Waals surface area contributed by atoms with Gasteiger partial charge < -0.3 is 5.32 Å². The third kappa shape index (κ3) is 3.64. The lowest BCUT2D eigenvalue weighted by Gasteiger charge is -2.05. The summed E-state index contributed by atoms with van der Waals surface area (Å²) in [6.07, 6.45) is 0. The summed E-state index contributed by atoms with van der Waals surface area (Å²) in [6.45, 7) is 1.23. The average molecular weight is 233 g/mol. The molecule has 0 aliphatic rings. The van der Waals surface area contributed by atoms with Crippen LogP contribution in [-0.2, 0) is 13.1 Å². The van der Waals surface area contributed by atoms with Crippen molar-refractivity contribution in [2.45, 2.75) is 13.1 Å². The summed E-state index contributed by atoms with van der Waals surface area (Å²) in [7, 11) is 0. The molecule has 0 fully saturated rings. The van der Waals surface area contributed by atoms with E-state index in [0.29, 0.717) is 13.1 Å². The quantitative estimate of drug-likeness (QED) is 0.854. The third-order valence-corrected chi connectivity index (χ3v) is 2.46. The van der Waals surface area contributed by atoms with E-state index < -0.39 is 0 Å². The highest BCUT2D eigenvalue weighted by molar-refractivity contribution is 5.18. The minimum atomic E-state index is -0.237. The van der Waals surface area contributed by atoms with E-state index in [1.54, 1.807) is 18.2 Å². The maximum Gasteiger partial charge on any atom is 0.123 e. The van der Waals surface area contributed by atoms with Crippen LogP contribution in [0.2, 0.25) is 0 Å². The predicted molar refractivity (Wildman–Crippen MR) is 63.3 cm³/mol. The predicted octanol–water partition coefficient (Wildman–Crippen LogP) is 3.25. The number of rotatable bonds is 4. The Balaban J connectivity index is 1.85. The number of halogens is 2. The molecular weight excluding hydrogens is 220 g/mol. The van der Waals surface area contributed by atoms with Crippen molar-refractivity contribution >= 4 is 0 Å². The first kappa shape index (κ1) is 11.7. The normalized spacial score (nSPS) is 10.5. The summed E-state index contributed by atoms with van der Waals surface area (Å²) in [5.41, 5.74) is 1.90. The second-order valence-electron chi connectivity index (χ2n) is 3.86. The smallest absolute Gasteiger partial charge is 0.123 e. The molecule has 17 heavy (non-hydrogen) atoms. The van der Waals surface area contributed by atoms with Crippen LogP contribution in [0.4, 0.5) is 8.78 Å². The Labute approximate surface area is 99.1 Å². The van der Waals surface area contributed by atoms with Gasteiger partial charge in [0.05, 0.1) is 0 Å². The van der Waals surface area contributed by atoms with Gasteiger partial charge in [-0.2, -0.15) is 0 Å². The van der Waals surface area contributed by atoms with E-state index in [2.05, 4.69) is 5.32 Å². The first-order chi connectivity index (χ1) is 8.24. The Kier molecular flexibility index (Phi) is 3.83. The molecule has 0 amide bonds. The zero-order valence-electron chi connectivity index (χ0n) is 9.29. The molecule has 0 aliphatic carbocycles. The van der Waals surface area contributed by atoms with Crippen molar-refractivity contribution in [3.8, 4) is 0 Å². The first-order valence-corrected chi connectivity index (χ1v) is 5.43. The summed E-state index contributed by atoms with van der Waals surface area (Å²) in [6, 6.07) is 12.8. The first-order valence-electron chi connectivity index (χ1n) is 5.43. The Bertz CT molecular complexity index is 480. The molecule has 3 heteroatoms. The van der Waals surface area contributed by atoms with E-state index in [1.165, 1.54) is 24.3 Å². The van der Waals surface area contributed by atoms with Gasteiger partial charge in [-0.1, -0.05) is 24.3 Å². The molecule has 0 bridgehead atoms. The topological polar surface area (TPSA) is 12.0 Å². The molecule has 0 heterocycles. The van der Waals surface area contributed by atoms with E-state index in [4.69, 9.17) is 0 Å². The fourth-order valence-corrected chi connectivity index (χ4v) is 1.60. The minimum absolute atomic E-state index is 0.230. The molecule has 0 unspecified atom stereocenters. The van der Waals surface area contributed by atoms with Crippen LogP contribution in [0.3, 0.4) is 0 Å². The highest BCUT2D eigenvalue weighted by Crippen LogP contribution is 2.05. The summed E-state index contributed by atoms with van der Waals surface area (Å²) < 4.78 is 25.5. The van der Waals surface area contributed by atoms with Gasteiger partial charge in [0.1, 0.15) is 11.6 Å². The molecule has 0 radical (unpaired) electrons. The van der Waals surface area contributed by atoms with E-state index >= 15 is 0 Å². The molecule has 0 saturated carbocycles. The molecule has 0 spiro atoms. The molecule has 88 valence electrons. The zero-order valence-corrected chi connectivity index (χ0v) is 9.29. The molecule has 1 nitrogen and oxygen atoms in total. The molecule has 0 atom stereocenters. The van der Waals surface area contributed by atoms with Gasteiger partial charge in [0.25, 0.3) is 0 Å².